The number of unbranched alkanes of at least 4 members (excludes halogenated alkanes) is 2. The predicted molar refractivity (Wildman–Crippen MR) is 95.3 cm³/mol. The summed E-state index contributed by atoms with van der Waals surface area (Å²) in [5.41, 5.74) is 2.29. The maximum absolute atomic E-state index is 12.3. The molecule has 1 aromatic carbocycles. The highest BCUT2D eigenvalue weighted by molar-refractivity contribution is 5.89. The number of ether oxygens (including phenoxy) is 2. The van der Waals surface area contributed by atoms with Gasteiger partial charge in [0, 0.05) is 10.9 Å². The first-order chi connectivity index (χ1) is 11.8. The molecule has 0 bridgehead atoms. The molecule has 0 saturated carbocycles. The van der Waals surface area contributed by atoms with Gasteiger partial charge in [-0.3, -0.25) is 0 Å². The van der Waals surface area contributed by atoms with Crippen LogP contribution in [-0.2, 0) is 12.8 Å². The summed E-state index contributed by atoms with van der Waals surface area (Å²) in [6.07, 6.45) is 6.83. The van der Waals surface area contributed by atoms with E-state index in [0.29, 0.717) is 30.3 Å². The molecule has 3 rings (SSSR count). The third-order valence-corrected chi connectivity index (χ3v) is 4.56. The lowest BCUT2D eigenvalue weighted by atomic mass is 10.1. The Labute approximate surface area is 142 Å². The molecule has 1 aliphatic carbocycles. The molecule has 1 aliphatic rings. The van der Waals surface area contributed by atoms with E-state index in [1.165, 1.54) is 0 Å². The minimum Gasteiger partial charge on any atom is -0.490 e. The van der Waals surface area contributed by atoms with Crippen LogP contribution in [0.3, 0.4) is 0 Å². The van der Waals surface area contributed by atoms with Crippen LogP contribution >= 0.6 is 0 Å². The summed E-state index contributed by atoms with van der Waals surface area (Å²) in [7, 11) is 0. The predicted octanol–water partition coefficient (Wildman–Crippen LogP) is 4.64. The van der Waals surface area contributed by atoms with E-state index in [4.69, 9.17) is 13.9 Å². The molecule has 4 nitrogen and oxygen atoms in total. The van der Waals surface area contributed by atoms with Gasteiger partial charge in [0.05, 0.1) is 13.2 Å². The average molecular weight is 330 g/mol. The van der Waals surface area contributed by atoms with Crippen LogP contribution in [0.5, 0.6) is 11.5 Å². The number of rotatable bonds is 8. The molecule has 1 heterocycles. The van der Waals surface area contributed by atoms with E-state index in [-0.39, 0.29) is 5.63 Å². The van der Waals surface area contributed by atoms with Crippen molar-refractivity contribution >= 4 is 11.0 Å². The van der Waals surface area contributed by atoms with Crippen LogP contribution in [0.1, 0.15) is 57.1 Å². The van der Waals surface area contributed by atoms with Gasteiger partial charge in [0.25, 0.3) is 0 Å². The lowest BCUT2D eigenvalue weighted by Crippen LogP contribution is -2.09. The van der Waals surface area contributed by atoms with Gasteiger partial charge in [-0.1, -0.05) is 26.7 Å². The van der Waals surface area contributed by atoms with Crippen molar-refractivity contribution in [2.24, 2.45) is 0 Å². The first kappa shape index (κ1) is 16.9. The van der Waals surface area contributed by atoms with Crippen molar-refractivity contribution in [1.29, 1.82) is 0 Å². The van der Waals surface area contributed by atoms with E-state index in [2.05, 4.69) is 13.8 Å². The van der Waals surface area contributed by atoms with Crippen molar-refractivity contribution < 1.29 is 13.9 Å². The minimum absolute atomic E-state index is 0.221. The van der Waals surface area contributed by atoms with Crippen molar-refractivity contribution in [3.8, 4) is 11.5 Å². The normalized spacial score (nSPS) is 13.2. The summed E-state index contributed by atoms with van der Waals surface area (Å²) in [5, 5.41) is 0.997. The monoisotopic (exact) mass is 330 g/mol. The van der Waals surface area contributed by atoms with E-state index < -0.39 is 0 Å². The van der Waals surface area contributed by atoms with Crippen LogP contribution in [0.4, 0.5) is 0 Å². The zero-order valence-corrected chi connectivity index (χ0v) is 14.7. The second-order valence-corrected chi connectivity index (χ2v) is 6.37. The Balaban J connectivity index is 2.05. The Morgan fingerprint density at radius 1 is 1.00 bits per heavy atom. The molecule has 0 aliphatic heterocycles. The summed E-state index contributed by atoms with van der Waals surface area (Å²) >= 11 is 0. The number of fused-ring (bicyclic) bond motifs is 3. The molecule has 0 saturated heterocycles. The summed E-state index contributed by atoms with van der Waals surface area (Å²) < 4.78 is 17.5. The fourth-order valence-electron chi connectivity index (χ4n) is 3.20. The minimum atomic E-state index is -0.221. The molecule has 0 N–H and O–H groups in total. The van der Waals surface area contributed by atoms with Crippen LogP contribution in [0, 0.1) is 0 Å². The Kier molecular flexibility index (Phi) is 5.44. The van der Waals surface area contributed by atoms with E-state index >= 15 is 0 Å². The molecule has 0 fully saturated rings. The van der Waals surface area contributed by atoms with Crippen LogP contribution in [0.15, 0.2) is 21.3 Å². The average Bonchev–Trinajstić information content (AvgIpc) is 3.07. The summed E-state index contributed by atoms with van der Waals surface area (Å²) in [6, 6.07) is 3.97. The zero-order valence-electron chi connectivity index (χ0n) is 14.7. The first-order valence-electron chi connectivity index (χ1n) is 9.13. The highest BCUT2D eigenvalue weighted by Crippen LogP contribution is 2.39. The molecule has 2 aromatic rings. The molecule has 24 heavy (non-hydrogen) atoms. The number of hydrogen-bond acceptors (Lipinski definition) is 4. The van der Waals surface area contributed by atoms with Gasteiger partial charge in [-0.05, 0) is 49.8 Å². The number of hydrogen-bond donors (Lipinski definition) is 0. The molecular weight excluding hydrogens is 304 g/mol. The second kappa shape index (κ2) is 7.73. The maximum atomic E-state index is 12.3. The Hall–Kier alpha value is -1.97. The number of aryl methyl sites for hydroxylation is 1. The third-order valence-electron chi connectivity index (χ3n) is 4.56. The van der Waals surface area contributed by atoms with Crippen molar-refractivity contribution in [2.45, 2.75) is 58.8 Å². The SMILES string of the molecule is CCCCOc1ccc2c3c(c(=O)oc2c1OCCCC)CCC3. The van der Waals surface area contributed by atoms with Gasteiger partial charge >= 0.3 is 5.63 Å². The Morgan fingerprint density at radius 3 is 2.46 bits per heavy atom. The highest BCUT2D eigenvalue weighted by Gasteiger charge is 2.23. The first-order valence-corrected chi connectivity index (χ1v) is 9.13. The molecular formula is C20H26O4. The van der Waals surface area contributed by atoms with Crippen LogP contribution < -0.4 is 15.1 Å². The standard InChI is InChI=1S/C20H26O4/c1-3-5-12-22-17-11-10-15-14-8-7-9-16(14)20(21)24-18(15)19(17)23-13-6-4-2/h10-11H,3-9,12-13H2,1-2H3. The summed E-state index contributed by atoms with van der Waals surface area (Å²) in [5.74, 6) is 1.26. The Morgan fingerprint density at radius 2 is 1.71 bits per heavy atom. The van der Waals surface area contributed by atoms with E-state index in [1.54, 1.807) is 0 Å². The van der Waals surface area contributed by atoms with Crippen molar-refractivity contribution in [3.05, 3.63) is 33.7 Å². The van der Waals surface area contributed by atoms with Crippen molar-refractivity contribution in [3.63, 3.8) is 0 Å². The fraction of sp³-hybridized carbons (Fsp3) is 0.550. The molecule has 0 radical (unpaired) electrons. The van der Waals surface area contributed by atoms with Gasteiger partial charge in [-0.2, -0.15) is 0 Å². The van der Waals surface area contributed by atoms with Gasteiger partial charge in [-0.25, -0.2) is 4.79 Å². The maximum Gasteiger partial charge on any atom is 0.339 e. The number of benzene rings is 1. The molecule has 130 valence electrons. The molecule has 0 atom stereocenters. The lowest BCUT2D eigenvalue weighted by molar-refractivity contribution is 0.261. The zero-order chi connectivity index (χ0) is 16.9. The van der Waals surface area contributed by atoms with Gasteiger partial charge < -0.3 is 13.9 Å². The van der Waals surface area contributed by atoms with Crippen LogP contribution in [-0.4, -0.2) is 13.2 Å². The summed E-state index contributed by atoms with van der Waals surface area (Å²) in [4.78, 5) is 12.3. The van der Waals surface area contributed by atoms with Gasteiger partial charge in [0.1, 0.15) is 0 Å². The van der Waals surface area contributed by atoms with Crippen molar-refractivity contribution in [2.75, 3.05) is 13.2 Å². The highest BCUT2D eigenvalue weighted by atomic mass is 16.5. The lowest BCUT2D eigenvalue weighted by Gasteiger charge is -2.15. The molecule has 1 aromatic heterocycles. The topological polar surface area (TPSA) is 48.7 Å². The van der Waals surface area contributed by atoms with Crippen molar-refractivity contribution in [1.82, 2.24) is 0 Å². The van der Waals surface area contributed by atoms with E-state index in [0.717, 1.165) is 61.5 Å². The fourth-order valence-corrected chi connectivity index (χ4v) is 3.20. The Bertz CT molecular complexity index is 760. The van der Waals surface area contributed by atoms with Crippen LogP contribution in [0.25, 0.3) is 11.0 Å². The molecule has 0 unspecified atom stereocenters. The quantitative estimate of drug-likeness (QED) is 0.522. The van der Waals surface area contributed by atoms with Crippen LogP contribution in [0.2, 0.25) is 0 Å². The van der Waals surface area contributed by atoms with Gasteiger partial charge in [-0.15, -0.1) is 0 Å². The third kappa shape index (κ3) is 3.28. The smallest absolute Gasteiger partial charge is 0.339 e. The molecule has 0 amide bonds. The van der Waals surface area contributed by atoms with Gasteiger partial charge in [0.15, 0.2) is 11.3 Å². The molecule has 4 heteroatoms. The second-order valence-electron chi connectivity index (χ2n) is 6.37. The van der Waals surface area contributed by atoms with Gasteiger partial charge in [0.2, 0.25) is 5.75 Å². The van der Waals surface area contributed by atoms with E-state index in [1.807, 2.05) is 12.1 Å². The molecule has 0 spiro atoms. The largest absolute Gasteiger partial charge is 0.490 e. The summed E-state index contributed by atoms with van der Waals surface area (Å²) in [6.45, 7) is 5.49. The van der Waals surface area contributed by atoms with E-state index in [9.17, 15) is 4.79 Å².